The number of benzene rings is 1. The number of nitrogens with zero attached hydrogens (tertiary/aromatic N) is 3. The van der Waals surface area contributed by atoms with Crippen molar-refractivity contribution in [2.75, 3.05) is 11.0 Å². The quantitative estimate of drug-likeness (QED) is 0.668. The molecule has 0 fully saturated rings. The molecular weight excluding hydrogens is 302 g/mol. The second-order valence-electron chi connectivity index (χ2n) is 4.40. The first-order valence-corrected chi connectivity index (χ1v) is 7.80. The molecule has 8 heteroatoms. The molecule has 0 saturated heterocycles. The molecule has 0 saturated carbocycles. The van der Waals surface area contributed by atoms with E-state index < -0.39 is 10.0 Å². The highest BCUT2D eigenvalue weighted by atomic mass is 32.2. The van der Waals surface area contributed by atoms with Crippen molar-refractivity contribution in [3.63, 3.8) is 0 Å². The minimum Gasteiger partial charge on any atom is -0.362 e. The molecule has 108 valence electrons. The van der Waals surface area contributed by atoms with Crippen LogP contribution in [0.2, 0.25) is 0 Å². The summed E-state index contributed by atoms with van der Waals surface area (Å²) >= 11 is 0. The molecule has 7 nitrogen and oxygen atoms in total. The highest BCUT2D eigenvalue weighted by Crippen LogP contribution is 2.30. The summed E-state index contributed by atoms with van der Waals surface area (Å²) in [4.78, 5) is 6.18. The van der Waals surface area contributed by atoms with Crippen molar-refractivity contribution in [1.29, 1.82) is 10.5 Å². The van der Waals surface area contributed by atoms with E-state index in [1.54, 1.807) is 30.3 Å². The molecule has 1 aromatic heterocycles. The summed E-state index contributed by atoms with van der Waals surface area (Å²) in [7, 11) is -3.43. The van der Waals surface area contributed by atoms with Gasteiger partial charge in [-0.25, -0.2) is 13.3 Å². The fourth-order valence-corrected chi connectivity index (χ4v) is 2.53. The number of rotatable bonds is 3. The van der Waals surface area contributed by atoms with Gasteiger partial charge in [-0.3, -0.25) is 4.72 Å². The summed E-state index contributed by atoms with van der Waals surface area (Å²) in [6.07, 6.45) is 2.54. The second-order valence-corrected chi connectivity index (χ2v) is 6.14. The predicted octanol–water partition coefficient (Wildman–Crippen LogP) is 2.22. The molecule has 0 aliphatic heterocycles. The van der Waals surface area contributed by atoms with Crippen LogP contribution in [0, 0.1) is 29.2 Å². The number of nitrogens with one attached hydrogen (secondary N) is 2. The van der Waals surface area contributed by atoms with E-state index in [0.717, 1.165) is 6.26 Å². The molecule has 0 amide bonds. The standard InChI is InChI=1S/C14H9N5O2S/c1-17-14(9(6-15)7-16)12-8-18-13-4-3-10(5-11(12)13)19-22(2,20)21/h3-5,8,18-19H,2H3. The molecule has 2 aromatic rings. The van der Waals surface area contributed by atoms with E-state index in [-0.39, 0.29) is 11.3 Å². The highest BCUT2D eigenvalue weighted by molar-refractivity contribution is 7.92. The van der Waals surface area contributed by atoms with E-state index in [9.17, 15) is 8.42 Å². The Morgan fingerprint density at radius 1 is 1.36 bits per heavy atom. The summed E-state index contributed by atoms with van der Waals surface area (Å²) in [5.74, 6) is 0. The summed E-state index contributed by atoms with van der Waals surface area (Å²) in [6.45, 7) is 7.19. The topological polar surface area (TPSA) is 114 Å². The van der Waals surface area contributed by atoms with Crippen LogP contribution in [0.4, 0.5) is 5.69 Å². The van der Waals surface area contributed by atoms with Gasteiger partial charge in [-0.15, -0.1) is 0 Å². The fraction of sp³-hybridized carbons (Fsp3) is 0.0714. The molecule has 1 aromatic carbocycles. The van der Waals surface area contributed by atoms with E-state index in [4.69, 9.17) is 17.1 Å². The van der Waals surface area contributed by atoms with Gasteiger partial charge in [0.2, 0.25) is 15.7 Å². The molecule has 0 aliphatic rings. The number of fused-ring (bicyclic) bond motifs is 1. The van der Waals surface area contributed by atoms with Crippen LogP contribution in [0.5, 0.6) is 0 Å². The van der Waals surface area contributed by atoms with Crippen molar-refractivity contribution < 1.29 is 8.42 Å². The molecule has 2 rings (SSSR count). The maximum atomic E-state index is 11.3. The highest BCUT2D eigenvalue weighted by Gasteiger charge is 2.15. The molecule has 22 heavy (non-hydrogen) atoms. The lowest BCUT2D eigenvalue weighted by atomic mass is 10.1. The van der Waals surface area contributed by atoms with E-state index in [2.05, 4.69) is 14.6 Å². The third-order valence-electron chi connectivity index (χ3n) is 2.81. The van der Waals surface area contributed by atoms with Crippen molar-refractivity contribution in [1.82, 2.24) is 4.98 Å². The molecular formula is C14H9N5O2S. The first-order chi connectivity index (χ1) is 10.4. The Kier molecular flexibility index (Phi) is 3.85. The van der Waals surface area contributed by atoms with E-state index in [1.165, 1.54) is 6.20 Å². The van der Waals surface area contributed by atoms with E-state index in [0.29, 0.717) is 22.2 Å². The molecule has 1 heterocycles. The number of allylic oxidation sites excluding steroid dienone is 1. The van der Waals surface area contributed by atoms with Crippen molar-refractivity contribution in [3.05, 3.63) is 46.9 Å². The Morgan fingerprint density at radius 3 is 2.59 bits per heavy atom. The van der Waals surface area contributed by atoms with Crippen LogP contribution in [-0.2, 0) is 10.0 Å². The minimum atomic E-state index is -3.43. The molecule has 0 spiro atoms. The van der Waals surface area contributed by atoms with Crippen LogP contribution in [0.3, 0.4) is 0 Å². The normalized spacial score (nSPS) is 10.3. The maximum Gasteiger partial charge on any atom is 0.229 e. The molecule has 0 atom stereocenters. The Bertz CT molecular complexity index is 994. The van der Waals surface area contributed by atoms with Gasteiger partial charge in [-0.05, 0) is 29.8 Å². The van der Waals surface area contributed by atoms with Gasteiger partial charge in [-0.1, -0.05) is 0 Å². The van der Waals surface area contributed by atoms with Gasteiger partial charge < -0.3 is 4.98 Å². The number of anilines is 1. The Labute approximate surface area is 127 Å². The molecule has 0 aliphatic carbocycles. The Hall–Kier alpha value is -3.28. The van der Waals surface area contributed by atoms with Gasteiger partial charge in [0.1, 0.15) is 5.57 Å². The summed E-state index contributed by atoms with van der Waals surface area (Å²) in [6, 6.07) is 8.13. The van der Waals surface area contributed by atoms with Gasteiger partial charge >= 0.3 is 0 Å². The van der Waals surface area contributed by atoms with Crippen molar-refractivity contribution in [3.8, 4) is 12.1 Å². The lowest BCUT2D eigenvalue weighted by Crippen LogP contribution is -2.09. The summed E-state index contributed by atoms with van der Waals surface area (Å²) < 4.78 is 24.9. The monoisotopic (exact) mass is 311 g/mol. The average molecular weight is 311 g/mol. The molecule has 0 radical (unpaired) electrons. The van der Waals surface area contributed by atoms with Crippen LogP contribution >= 0.6 is 0 Å². The fourth-order valence-electron chi connectivity index (χ4n) is 1.98. The zero-order valence-corrected chi connectivity index (χ0v) is 12.2. The number of aromatic amines is 1. The smallest absolute Gasteiger partial charge is 0.229 e. The Morgan fingerprint density at radius 2 is 2.05 bits per heavy atom. The predicted molar refractivity (Wildman–Crippen MR) is 81.5 cm³/mol. The van der Waals surface area contributed by atoms with Crippen LogP contribution in [0.25, 0.3) is 21.4 Å². The number of aromatic nitrogens is 1. The summed E-state index contributed by atoms with van der Waals surface area (Å²) in [5.41, 5.74) is 0.992. The number of sulfonamides is 1. The van der Waals surface area contributed by atoms with Gasteiger partial charge in [0, 0.05) is 16.8 Å². The lowest BCUT2D eigenvalue weighted by molar-refractivity contribution is 0.607. The number of hydrogen-bond acceptors (Lipinski definition) is 4. The number of H-pyrrole nitrogens is 1. The number of hydrogen-bond donors (Lipinski definition) is 2. The van der Waals surface area contributed by atoms with Crippen LogP contribution in [0.15, 0.2) is 30.0 Å². The van der Waals surface area contributed by atoms with Gasteiger partial charge in [0.25, 0.3) is 0 Å². The third kappa shape index (κ3) is 2.90. The van der Waals surface area contributed by atoms with Crippen molar-refractivity contribution >= 4 is 32.3 Å². The second kappa shape index (κ2) is 5.61. The van der Waals surface area contributed by atoms with Gasteiger partial charge in [0.15, 0.2) is 0 Å². The lowest BCUT2D eigenvalue weighted by Gasteiger charge is -2.04. The molecule has 0 bridgehead atoms. The zero-order chi connectivity index (χ0) is 16.3. The zero-order valence-electron chi connectivity index (χ0n) is 11.4. The number of nitriles is 2. The first-order valence-electron chi connectivity index (χ1n) is 5.91. The van der Waals surface area contributed by atoms with E-state index >= 15 is 0 Å². The third-order valence-corrected chi connectivity index (χ3v) is 3.42. The maximum absolute atomic E-state index is 11.3. The van der Waals surface area contributed by atoms with E-state index in [1.807, 2.05) is 0 Å². The Balaban J connectivity index is 2.70. The van der Waals surface area contributed by atoms with Crippen molar-refractivity contribution in [2.45, 2.75) is 0 Å². The molecule has 0 unspecified atom stereocenters. The van der Waals surface area contributed by atoms with Gasteiger partial charge in [-0.2, -0.15) is 10.5 Å². The minimum absolute atomic E-state index is 0.0762. The average Bonchev–Trinajstić information content (AvgIpc) is 2.86. The van der Waals surface area contributed by atoms with Gasteiger partial charge in [0.05, 0.1) is 25.0 Å². The van der Waals surface area contributed by atoms with Crippen LogP contribution in [0.1, 0.15) is 5.56 Å². The largest absolute Gasteiger partial charge is 0.362 e. The van der Waals surface area contributed by atoms with Crippen LogP contribution < -0.4 is 4.72 Å². The first kappa shape index (κ1) is 15.1. The SMILES string of the molecule is [C-]#[N+]C(=C(C#N)C#N)c1c[nH]c2ccc(NS(C)(=O)=O)cc12. The molecule has 2 N–H and O–H groups in total. The van der Waals surface area contributed by atoms with Crippen LogP contribution in [-0.4, -0.2) is 19.7 Å². The van der Waals surface area contributed by atoms with Crippen molar-refractivity contribution in [2.24, 2.45) is 0 Å². The summed E-state index contributed by atoms with van der Waals surface area (Å²) in [5, 5.41) is 18.4.